The maximum Gasteiger partial charge on any atom is 0.408 e. The zero-order chi connectivity index (χ0) is 15.6. The lowest BCUT2D eigenvalue weighted by atomic mass is 10.3. The fourth-order valence-electron chi connectivity index (χ4n) is 2.00. The maximum absolute atomic E-state index is 11.1. The van der Waals surface area contributed by atoms with Crippen molar-refractivity contribution in [3.8, 4) is 0 Å². The van der Waals surface area contributed by atoms with Crippen molar-refractivity contribution in [2.24, 2.45) is 0 Å². The fourth-order valence-corrected chi connectivity index (χ4v) is 2.24. The summed E-state index contributed by atoms with van der Waals surface area (Å²) in [7, 11) is 2.00. The van der Waals surface area contributed by atoms with E-state index in [-0.39, 0.29) is 11.0 Å². The molecule has 0 unspecified atom stereocenters. The highest BCUT2D eigenvalue weighted by Gasteiger charge is 2.27. The van der Waals surface area contributed by atoms with E-state index in [2.05, 4.69) is 20.2 Å². The van der Waals surface area contributed by atoms with E-state index in [1.807, 2.05) is 11.9 Å². The van der Waals surface area contributed by atoms with Crippen LogP contribution >= 0.6 is 11.6 Å². The molecule has 1 fully saturated rings. The van der Waals surface area contributed by atoms with Crippen LogP contribution in [0, 0.1) is 10.1 Å². The number of halogens is 1. The van der Waals surface area contributed by atoms with Crippen molar-refractivity contribution in [3.63, 3.8) is 0 Å². The summed E-state index contributed by atoms with van der Waals surface area (Å²) in [6.07, 6.45) is 0. The molecule has 1 saturated heterocycles. The Morgan fingerprint density at radius 2 is 1.95 bits per heavy atom. The molecule has 1 aromatic heterocycles. The van der Waals surface area contributed by atoms with Gasteiger partial charge in [-0.3, -0.25) is 4.79 Å². The van der Waals surface area contributed by atoms with Crippen LogP contribution in [-0.2, 0) is 4.79 Å². The minimum Gasteiger partial charge on any atom is -0.358 e. The summed E-state index contributed by atoms with van der Waals surface area (Å²) in [5.41, 5.74) is 0. The normalized spacial score (nSPS) is 15.9. The summed E-state index contributed by atoms with van der Waals surface area (Å²) in [5, 5.41) is 13.2. The van der Waals surface area contributed by atoms with Crippen LogP contribution in [0.4, 0.5) is 17.5 Å². The minimum atomic E-state index is -0.724. The second-order valence-electron chi connectivity index (χ2n) is 4.74. The van der Waals surface area contributed by atoms with Gasteiger partial charge in [-0.2, -0.15) is 4.98 Å². The van der Waals surface area contributed by atoms with Crippen molar-refractivity contribution in [2.45, 2.75) is 6.92 Å². The Morgan fingerprint density at radius 3 is 2.48 bits per heavy atom. The van der Waals surface area contributed by atoms with Crippen molar-refractivity contribution in [3.05, 3.63) is 15.3 Å². The third-order valence-electron chi connectivity index (χ3n) is 3.09. The van der Waals surface area contributed by atoms with Crippen molar-refractivity contribution in [1.29, 1.82) is 0 Å². The Hall–Kier alpha value is -2.00. The molecular formula is C11H15ClN6O3. The number of aromatic nitrogens is 2. The molecule has 114 valence electrons. The van der Waals surface area contributed by atoms with Gasteiger partial charge in [-0.05, 0) is 28.6 Å². The van der Waals surface area contributed by atoms with Crippen molar-refractivity contribution >= 4 is 35.0 Å². The third kappa shape index (κ3) is 3.56. The van der Waals surface area contributed by atoms with Gasteiger partial charge in [0.15, 0.2) is 5.82 Å². The van der Waals surface area contributed by atoms with Crippen LogP contribution in [0.15, 0.2) is 0 Å². The van der Waals surface area contributed by atoms with Gasteiger partial charge < -0.3 is 25.2 Å². The molecule has 0 bridgehead atoms. The first kappa shape index (κ1) is 15.4. The molecule has 10 heteroatoms. The molecule has 2 heterocycles. The summed E-state index contributed by atoms with van der Waals surface area (Å²) in [4.78, 5) is 33.3. The highest BCUT2D eigenvalue weighted by Crippen LogP contribution is 2.30. The van der Waals surface area contributed by atoms with Gasteiger partial charge >= 0.3 is 5.82 Å². The van der Waals surface area contributed by atoms with Gasteiger partial charge in [0.1, 0.15) is 0 Å². The van der Waals surface area contributed by atoms with Gasteiger partial charge in [0.25, 0.3) is 5.15 Å². The number of carbonyl (C=O) groups excluding carboxylic acids is 1. The molecule has 0 radical (unpaired) electrons. The first-order chi connectivity index (χ1) is 9.88. The summed E-state index contributed by atoms with van der Waals surface area (Å²) in [6, 6.07) is 0. The van der Waals surface area contributed by atoms with Crippen molar-refractivity contribution in [1.82, 2.24) is 14.9 Å². The number of amides is 1. The lowest BCUT2D eigenvalue weighted by Crippen LogP contribution is -2.45. The van der Waals surface area contributed by atoms with Gasteiger partial charge in [0.2, 0.25) is 11.7 Å². The molecule has 1 aromatic rings. The maximum atomic E-state index is 11.1. The third-order valence-corrected chi connectivity index (χ3v) is 3.34. The summed E-state index contributed by atoms with van der Waals surface area (Å²) in [5.74, 6) is -0.864. The lowest BCUT2D eigenvalue weighted by molar-refractivity contribution is -0.388. The van der Waals surface area contributed by atoms with Gasteiger partial charge in [0.05, 0.1) is 0 Å². The number of hydrogen-bond acceptors (Lipinski definition) is 7. The SMILES string of the molecule is CC(=O)Nc1nc(N2CCN(C)CC2)c(Cl)nc1[N+](=O)[O-]. The number of hydrogen-bond donors (Lipinski definition) is 1. The van der Waals surface area contributed by atoms with E-state index in [9.17, 15) is 14.9 Å². The molecule has 0 atom stereocenters. The average molecular weight is 315 g/mol. The number of piperazine rings is 1. The highest BCUT2D eigenvalue weighted by molar-refractivity contribution is 6.31. The molecule has 21 heavy (non-hydrogen) atoms. The Balaban J connectivity index is 2.37. The Kier molecular flexibility index (Phi) is 4.53. The summed E-state index contributed by atoms with van der Waals surface area (Å²) >= 11 is 6.01. The second kappa shape index (κ2) is 6.19. The number of carbonyl (C=O) groups is 1. The van der Waals surface area contributed by atoms with E-state index in [0.29, 0.717) is 18.9 Å². The van der Waals surface area contributed by atoms with E-state index in [1.54, 1.807) is 0 Å². The van der Waals surface area contributed by atoms with E-state index in [4.69, 9.17) is 11.6 Å². The van der Waals surface area contributed by atoms with E-state index < -0.39 is 16.6 Å². The van der Waals surface area contributed by atoms with Crippen LogP contribution in [0.1, 0.15) is 6.92 Å². The molecular weight excluding hydrogens is 300 g/mol. The molecule has 1 N–H and O–H groups in total. The minimum absolute atomic E-state index is 0.0413. The molecule has 0 aromatic carbocycles. The molecule has 0 aliphatic carbocycles. The topological polar surface area (TPSA) is 104 Å². The molecule has 9 nitrogen and oxygen atoms in total. The molecule has 1 aliphatic heterocycles. The smallest absolute Gasteiger partial charge is 0.358 e. The summed E-state index contributed by atoms with van der Waals surface area (Å²) < 4.78 is 0. The largest absolute Gasteiger partial charge is 0.408 e. The van der Waals surface area contributed by atoms with Gasteiger partial charge in [0, 0.05) is 33.1 Å². The number of nitrogens with zero attached hydrogens (tertiary/aromatic N) is 5. The summed E-state index contributed by atoms with van der Waals surface area (Å²) in [6.45, 7) is 4.26. The second-order valence-corrected chi connectivity index (χ2v) is 5.10. The van der Waals surface area contributed by atoms with Crippen molar-refractivity contribution in [2.75, 3.05) is 43.4 Å². The highest BCUT2D eigenvalue weighted by atomic mass is 35.5. The van der Waals surface area contributed by atoms with Gasteiger partial charge in [-0.25, -0.2) is 0 Å². The average Bonchev–Trinajstić information content (AvgIpc) is 2.40. The molecule has 0 saturated carbocycles. The monoisotopic (exact) mass is 314 g/mol. The quantitative estimate of drug-likeness (QED) is 0.648. The van der Waals surface area contributed by atoms with Crippen LogP contribution < -0.4 is 10.2 Å². The first-order valence-electron chi connectivity index (χ1n) is 6.31. The van der Waals surface area contributed by atoms with Crippen LogP contribution in [0.3, 0.4) is 0 Å². The van der Waals surface area contributed by atoms with Gasteiger partial charge in [-0.15, -0.1) is 0 Å². The lowest BCUT2D eigenvalue weighted by Gasteiger charge is -2.32. The molecule has 1 aliphatic rings. The molecule has 1 amide bonds. The van der Waals surface area contributed by atoms with E-state index in [0.717, 1.165) is 13.1 Å². The fraction of sp³-hybridized carbons (Fsp3) is 0.545. The Morgan fingerprint density at radius 1 is 1.33 bits per heavy atom. The van der Waals surface area contributed by atoms with Crippen LogP contribution in [0.5, 0.6) is 0 Å². The zero-order valence-electron chi connectivity index (χ0n) is 11.7. The predicted molar refractivity (Wildman–Crippen MR) is 77.7 cm³/mol. The van der Waals surface area contributed by atoms with Crippen LogP contribution in [0.2, 0.25) is 5.15 Å². The molecule has 0 spiro atoms. The number of rotatable bonds is 3. The van der Waals surface area contributed by atoms with Crippen LogP contribution in [-0.4, -0.2) is 58.9 Å². The first-order valence-corrected chi connectivity index (χ1v) is 6.69. The number of likely N-dealkylation sites (N-methyl/N-ethyl adjacent to an activating group) is 1. The van der Waals surface area contributed by atoms with E-state index >= 15 is 0 Å². The van der Waals surface area contributed by atoms with Gasteiger partial charge in [-0.1, -0.05) is 0 Å². The number of nitro groups is 1. The van der Waals surface area contributed by atoms with Crippen molar-refractivity contribution < 1.29 is 9.72 Å². The Labute approximate surface area is 126 Å². The van der Waals surface area contributed by atoms with Crippen LogP contribution in [0.25, 0.3) is 0 Å². The zero-order valence-corrected chi connectivity index (χ0v) is 12.4. The molecule has 2 rings (SSSR count). The number of anilines is 2. The predicted octanol–water partition coefficient (Wildman–Crippen LogP) is 0.748. The van der Waals surface area contributed by atoms with E-state index in [1.165, 1.54) is 6.92 Å². The standard InChI is InChI=1S/C11H15ClN6O3/c1-7(19)13-9-11(18(20)21)14-8(12)10(15-9)17-5-3-16(2)4-6-17/h3-6H2,1-2H3,(H,13,15,19). The number of nitrogens with one attached hydrogen (secondary N) is 1. The Bertz CT molecular complexity index is 573.